The van der Waals surface area contributed by atoms with E-state index in [1.54, 1.807) is 24.3 Å². The first-order chi connectivity index (χ1) is 19.8. The average molecular weight is 563 g/mol. The molecule has 2 N–H and O–H groups in total. The largest absolute Gasteiger partial charge is 0.455 e. The minimum absolute atomic E-state index is 0.0846. The van der Waals surface area contributed by atoms with Gasteiger partial charge in [-0.2, -0.15) is 0 Å². The second-order valence-corrected chi connectivity index (χ2v) is 13.9. The predicted octanol–water partition coefficient (Wildman–Crippen LogP) is 3.95. The molecule has 8 rings (SSSR count). The van der Waals surface area contributed by atoms with E-state index in [0.717, 1.165) is 17.6 Å². The van der Waals surface area contributed by atoms with Gasteiger partial charge in [-0.3, -0.25) is 4.79 Å². The molecular weight excluding hydrogens is 529 g/mol. The van der Waals surface area contributed by atoms with Crippen LogP contribution in [0.2, 0.25) is 0 Å². The molecule has 2 aliphatic heterocycles. The highest BCUT2D eigenvalue weighted by molar-refractivity contribution is 6.32. The molecule has 214 valence electrons. The number of aromatic nitrogens is 1. The number of hydrogen-bond donors (Lipinski definition) is 2. The second-order valence-electron chi connectivity index (χ2n) is 13.9. The van der Waals surface area contributed by atoms with E-state index in [9.17, 15) is 14.7 Å². The van der Waals surface area contributed by atoms with Crippen LogP contribution in [-0.4, -0.2) is 58.9 Å². The summed E-state index contributed by atoms with van der Waals surface area (Å²) in [6.07, 6.45) is 2.05. The summed E-state index contributed by atoms with van der Waals surface area (Å²) in [6, 6.07) is 14.9. The molecule has 0 amide bonds. The van der Waals surface area contributed by atoms with Crippen LogP contribution in [0.15, 0.2) is 60.2 Å². The monoisotopic (exact) mass is 563 g/mol. The Morgan fingerprint density at radius 1 is 1.07 bits per heavy atom. The number of nitrogens with one attached hydrogen (secondary N) is 1. The predicted molar refractivity (Wildman–Crippen MR) is 157 cm³/mol. The number of fused-ring (bicyclic) bond motifs is 9. The van der Waals surface area contributed by atoms with E-state index in [1.165, 1.54) is 17.0 Å². The average Bonchev–Trinajstić information content (AvgIpc) is 3.54. The molecule has 3 aliphatic carbocycles. The quantitative estimate of drug-likeness (QED) is 0.362. The molecule has 2 radical (unpaired) electrons. The first-order valence-corrected chi connectivity index (χ1v) is 14.9. The first-order valence-electron chi connectivity index (χ1n) is 14.9. The summed E-state index contributed by atoms with van der Waals surface area (Å²) in [5, 5.41) is 14.5. The lowest BCUT2D eigenvalue weighted by Crippen LogP contribution is -2.75. The van der Waals surface area contributed by atoms with E-state index < -0.39 is 46.0 Å². The zero-order valence-electron chi connectivity index (χ0n) is 24.3. The molecule has 2 aromatic carbocycles. The maximum Gasteiger partial charge on any atom is 0.338 e. The number of ketones is 1. The molecule has 1 aromatic heterocycles. The summed E-state index contributed by atoms with van der Waals surface area (Å²) in [7, 11) is 5.86. The van der Waals surface area contributed by atoms with Crippen molar-refractivity contribution in [2.24, 2.45) is 11.3 Å². The molecule has 5 aliphatic rings. The Bertz CT molecular complexity index is 1730. The highest BCUT2D eigenvalue weighted by atomic mass is 16.8. The molecule has 7 nitrogen and oxygen atoms in total. The number of carbonyl (C=O) groups is 2. The third kappa shape index (κ3) is 2.98. The van der Waals surface area contributed by atoms with E-state index in [4.69, 9.17) is 22.1 Å². The number of ether oxygens (including phenoxy) is 3. The van der Waals surface area contributed by atoms with Crippen molar-refractivity contribution in [2.45, 2.75) is 88.0 Å². The van der Waals surface area contributed by atoms with Crippen molar-refractivity contribution >= 4 is 36.0 Å². The summed E-state index contributed by atoms with van der Waals surface area (Å²) < 4.78 is 19.3. The van der Waals surface area contributed by atoms with Gasteiger partial charge in [0.05, 0.1) is 5.56 Å². The van der Waals surface area contributed by atoms with Gasteiger partial charge >= 0.3 is 5.97 Å². The fourth-order valence-corrected chi connectivity index (χ4v) is 9.35. The highest BCUT2D eigenvalue weighted by Crippen LogP contribution is 2.72. The normalized spacial score (nSPS) is 39.2. The van der Waals surface area contributed by atoms with Gasteiger partial charge in [0.25, 0.3) is 0 Å². The van der Waals surface area contributed by atoms with Crippen LogP contribution in [-0.2, 0) is 30.8 Å². The van der Waals surface area contributed by atoms with E-state index in [-0.39, 0.29) is 11.7 Å². The van der Waals surface area contributed by atoms with Gasteiger partial charge < -0.3 is 24.3 Å². The van der Waals surface area contributed by atoms with E-state index >= 15 is 0 Å². The molecule has 1 spiro atoms. The zero-order valence-corrected chi connectivity index (χ0v) is 24.3. The van der Waals surface area contributed by atoms with E-state index in [1.807, 2.05) is 26.0 Å². The fraction of sp³-hybridized carbons (Fsp3) is 0.471. The first kappa shape index (κ1) is 26.4. The zero-order chi connectivity index (χ0) is 29.4. The highest BCUT2D eigenvalue weighted by Gasteiger charge is 2.78. The lowest BCUT2D eigenvalue weighted by atomic mass is 9.41. The van der Waals surface area contributed by atoms with E-state index in [2.05, 4.69) is 31.0 Å². The van der Waals surface area contributed by atoms with Crippen molar-refractivity contribution in [3.05, 3.63) is 77.0 Å². The van der Waals surface area contributed by atoms with Gasteiger partial charge in [-0.1, -0.05) is 49.6 Å². The number of para-hydroxylation sites is 1. The van der Waals surface area contributed by atoms with Crippen LogP contribution in [0.4, 0.5) is 0 Å². The minimum Gasteiger partial charge on any atom is -0.455 e. The molecule has 2 unspecified atom stereocenters. The fourth-order valence-electron chi connectivity index (χ4n) is 9.35. The van der Waals surface area contributed by atoms with Crippen molar-refractivity contribution in [2.75, 3.05) is 0 Å². The summed E-state index contributed by atoms with van der Waals surface area (Å²) in [5.74, 6) is -1.97. The van der Waals surface area contributed by atoms with Crippen molar-refractivity contribution < 1.29 is 28.9 Å². The van der Waals surface area contributed by atoms with Crippen molar-refractivity contribution in [1.82, 2.24) is 4.98 Å². The van der Waals surface area contributed by atoms with Crippen LogP contribution in [0.1, 0.15) is 68.6 Å². The number of H-pyrrole nitrogens is 1. The molecule has 3 aromatic rings. The number of rotatable bonds is 2. The van der Waals surface area contributed by atoms with Crippen LogP contribution >= 0.6 is 0 Å². The lowest BCUT2D eigenvalue weighted by molar-refractivity contribution is -0.273. The van der Waals surface area contributed by atoms with Crippen molar-refractivity contribution in [1.29, 1.82) is 0 Å². The molecule has 3 fully saturated rings. The summed E-state index contributed by atoms with van der Waals surface area (Å²) in [5.41, 5.74) is 0.708. The number of esters is 1. The molecule has 7 atom stereocenters. The standard InChI is InChI=1S/C34H34BNO6/c1-30(2)28-24(37)17-25-33(41-28,42-30)14-13-31(3)32(4)19(15-22-21-7-5-6-8-23(21)36-27(22)32)16-26(34(25,31)39)40-29(38)18-9-11-20(35)12-10-18/h5-12,17,19,26,28,36,39H,13-16H2,1-4H3/t19-,26+,28?,31?,32-,33+,34+/m1/s1. The molecule has 8 heteroatoms. The van der Waals surface area contributed by atoms with Crippen LogP contribution < -0.4 is 5.46 Å². The molecule has 2 saturated carbocycles. The summed E-state index contributed by atoms with van der Waals surface area (Å²) in [6.45, 7) is 8.02. The number of carbonyl (C=O) groups excluding carboxylic acids is 2. The Morgan fingerprint density at radius 3 is 2.57 bits per heavy atom. The van der Waals surface area contributed by atoms with Gasteiger partial charge in [0.15, 0.2) is 17.7 Å². The van der Waals surface area contributed by atoms with Crippen LogP contribution in [0, 0.1) is 11.3 Å². The van der Waals surface area contributed by atoms with Gasteiger partial charge in [0, 0.05) is 39.4 Å². The molecule has 1 saturated heterocycles. The Hall–Kier alpha value is -3.20. The van der Waals surface area contributed by atoms with Gasteiger partial charge in [-0.25, -0.2) is 4.79 Å². The number of benzene rings is 2. The third-order valence-corrected chi connectivity index (χ3v) is 11.6. The maximum absolute atomic E-state index is 13.6. The SMILES string of the molecule is [B]c1ccc(C(=O)O[C@H]2C[C@H]3Cc4c([nH]c5ccccc45)[C@]3(C)C3(C)CC[C@@]45OC(C(=O)C=C4[C@]23O)C(C)(C)O5)cc1. The number of aromatic amines is 1. The maximum atomic E-state index is 13.6. The van der Waals surface area contributed by atoms with Crippen molar-refractivity contribution in [3.63, 3.8) is 0 Å². The second kappa shape index (κ2) is 8.04. The summed E-state index contributed by atoms with van der Waals surface area (Å²) in [4.78, 5) is 30.9. The number of hydrogen-bond acceptors (Lipinski definition) is 6. The topological polar surface area (TPSA) is 97.9 Å². The Labute approximate surface area is 246 Å². The van der Waals surface area contributed by atoms with Crippen molar-refractivity contribution in [3.8, 4) is 0 Å². The van der Waals surface area contributed by atoms with Gasteiger partial charge in [0.1, 0.15) is 25.2 Å². The molecule has 2 bridgehead atoms. The Kier molecular flexibility index (Phi) is 5.06. The van der Waals surface area contributed by atoms with Gasteiger partial charge in [-0.05, 0) is 68.9 Å². The van der Waals surface area contributed by atoms with E-state index in [0.29, 0.717) is 35.9 Å². The number of aliphatic hydroxyl groups is 1. The smallest absolute Gasteiger partial charge is 0.338 e. The molecule has 3 heterocycles. The van der Waals surface area contributed by atoms with Gasteiger partial charge in [-0.15, -0.1) is 0 Å². The van der Waals surface area contributed by atoms with Crippen LogP contribution in [0.3, 0.4) is 0 Å². The lowest BCUT2D eigenvalue weighted by Gasteiger charge is -2.67. The molecular formula is C34H34BNO6. The third-order valence-electron chi connectivity index (χ3n) is 11.6. The van der Waals surface area contributed by atoms with Gasteiger partial charge in [0.2, 0.25) is 0 Å². The Balaban J connectivity index is 1.32. The van der Waals surface area contributed by atoms with Crippen LogP contribution in [0.5, 0.6) is 0 Å². The van der Waals surface area contributed by atoms with Crippen LogP contribution in [0.25, 0.3) is 10.9 Å². The Morgan fingerprint density at radius 2 is 1.81 bits per heavy atom. The summed E-state index contributed by atoms with van der Waals surface area (Å²) >= 11 is 0. The molecule has 42 heavy (non-hydrogen) atoms. The minimum atomic E-state index is -1.75.